The number of likely N-dealkylation sites (N-methyl/N-ethyl adjacent to an activating group) is 1. The van der Waals surface area contributed by atoms with Gasteiger partial charge in [-0.05, 0) is 48.7 Å². The Labute approximate surface area is 271 Å². The van der Waals surface area contributed by atoms with E-state index in [9.17, 15) is 44.8 Å². The van der Waals surface area contributed by atoms with E-state index in [0.717, 1.165) is 30.3 Å². The van der Waals surface area contributed by atoms with Crippen LogP contribution in [0.15, 0.2) is 73.3 Å². The highest BCUT2D eigenvalue weighted by atomic mass is 35.5. The summed E-state index contributed by atoms with van der Waals surface area (Å²) in [7, 11) is 0. The second-order valence-corrected chi connectivity index (χ2v) is 10.4. The van der Waals surface area contributed by atoms with Gasteiger partial charge in [-0.3, -0.25) is 29.9 Å². The van der Waals surface area contributed by atoms with Gasteiger partial charge in [0, 0.05) is 47.2 Å². The normalized spacial score (nSPS) is 16.3. The summed E-state index contributed by atoms with van der Waals surface area (Å²) in [4.78, 5) is 57.3. The van der Waals surface area contributed by atoms with E-state index >= 15 is 0 Å². The Hall–Kier alpha value is -5.58. The van der Waals surface area contributed by atoms with Gasteiger partial charge < -0.3 is 25.5 Å². The van der Waals surface area contributed by atoms with Crippen molar-refractivity contribution in [2.75, 3.05) is 6.54 Å². The van der Waals surface area contributed by atoms with Crippen LogP contribution in [-0.4, -0.2) is 64.9 Å². The van der Waals surface area contributed by atoms with E-state index in [2.05, 4.69) is 6.58 Å². The van der Waals surface area contributed by atoms with Gasteiger partial charge in [0.15, 0.2) is 11.5 Å². The van der Waals surface area contributed by atoms with Crippen LogP contribution in [0.2, 0.25) is 5.02 Å². The molecule has 250 valence electrons. The van der Waals surface area contributed by atoms with Crippen LogP contribution >= 0.6 is 11.6 Å². The van der Waals surface area contributed by atoms with E-state index in [1.54, 1.807) is 31.2 Å². The van der Waals surface area contributed by atoms with E-state index in [4.69, 9.17) is 31.8 Å². The smallest absolute Gasteiger partial charge is 0.360 e. The number of nitrogens with zero attached hydrogens (tertiary/aromatic N) is 3. The van der Waals surface area contributed by atoms with Crippen LogP contribution in [-0.2, 0) is 30.4 Å². The number of rotatable bonds is 11. The third kappa shape index (κ3) is 9.00. The molecule has 1 fully saturated rings. The zero-order valence-corrected chi connectivity index (χ0v) is 25.7. The van der Waals surface area contributed by atoms with Crippen molar-refractivity contribution in [1.82, 2.24) is 5.06 Å². The Balaban J connectivity index is 0.000000319. The molecular formula is C30H30ClN3O13. The minimum atomic E-state index is -1.31. The summed E-state index contributed by atoms with van der Waals surface area (Å²) in [5, 5.41) is 69.3. The van der Waals surface area contributed by atoms with Crippen LogP contribution < -0.4 is 0 Å². The average Bonchev–Trinajstić information content (AvgIpc) is 3.77. The number of phenolic OH excluding ortho intramolecular Hbond substituents is 2. The van der Waals surface area contributed by atoms with Gasteiger partial charge in [0.25, 0.3) is 5.72 Å². The summed E-state index contributed by atoms with van der Waals surface area (Å²) in [5.41, 5.74) is -2.42. The van der Waals surface area contributed by atoms with Crippen molar-refractivity contribution >= 4 is 40.9 Å². The van der Waals surface area contributed by atoms with Crippen LogP contribution in [0.1, 0.15) is 43.4 Å². The summed E-state index contributed by atoms with van der Waals surface area (Å²) in [5.74, 6) is -4.21. The summed E-state index contributed by atoms with van der Waals surface area (Å²) < 4.78 is 0. The molecule has 2 atom stereocenters. The molecule has 0 aliphatic carbocycles. The van der Waals surface area contributed by atoms with Gasteiger partial charge in [0.1, 0.15) is 0 Å². The lowest BCUT2D eigenvalue weighted by Gasteiger charge is -2.30. The number of carboxylic acid groups (broad SMARTS) is 3. The summed E-state index contributed by atoms with van der Waals surface area (Å²) >= 11 is 5.73. The molecule has 3 aromatic carbocycles. The Bertz CT molecular complexity index is 1620. The lowest BCUT2D eigenvalue weighted by molar-refractivity contribution is -0.386. The number of hydrogen-bond donors (Lipinski definition) is 5. The first-order valence-corrected chi connectivity index (χ1v) is 13.8. The van der Waals surface area contributed by atoms with E-state index in [0.29, 0.717) is 28.3 Å². The zero-order valence-electron chi connectivity index (χ0n) is 24.9. The van der Waals surface area contributed by atoms with Crippen molar-refractivity contribution in [3.63, 3.8) is 0 Å². The molecule has 0 bridgehead atoms. The number of nitro benzene ring substituents is 2. The molecule has 16 nitrogen and oxygen atoms in total. The lowest BCUT2D eigenvalue weighted by Crippen LogP contribution is -2.26. The fourth-order valence-electron chi connectivity index (χ4n) is 4.41. The number of aromatic hydroxyl groups is 2. The molecule has 47 heavy (non-hydrogen) atoms. The van der Waals surface area contributed by atoms with Crippen molar-refractivity contribution in [2.24, 2.45) is 0 Å². The van der Waals surface area contributed by atoms with Crippen molar-refractivity contribution in [2.45, 2.75) is 37.8 Å². The van der Waals surface area contributed by atoms with Gasteiger partial charge in [-0.15, -0.1) is 5.06 Å². The molecule has 1 saturated heterocycles. The van der Waals surface area contributed by atoms with Crippen molar-refractivity contribution in [1.29, 1.82) is 0 Å². The highest BCUT2D eigenvalue weighted by Gasteiger charge is 2.63. The minimum absolute atomic E-state index is 0.0216. The van der Waals surface area contributed by atoms with Crippen molar-refractivity contribution in [3.05, 3.63) is 115 Å². The molecule has 0 radical (unpaired) electrons. The maximum absolute atomic E-state index is 11.1. The van der Waals surface area contributed by atoms with Crippen LogP contribution in [0.25, 0.3) is 0 Å². The molecule has 0 spiro atoms. The number of halogens is 1. The molecule has 17 heteroatoms. The highest BCUT2D eigenvalue weighted by molar-refractivity contribution is 6.30. The second-order valence-electron chi connectivity index (χ2n) is 9.93. The second kappa shape index (κ2) is 15.6. The van der Waals surface area contributed by atoms with E-state index in [1.807, 2.05) is 6.92 Å². The van der Waals surface area contributed by atoms with Crippen molar-refractivity contribution < 1.29 is 54.6 Å². The molecule has 2 unspecified atom stereocenters. The molecule has 0 aromatic heterocycles. The van der Waals surface area contributed by atoms with E-state index < -0.39 is 61.8 Å². The first-order valence-electron chi connectivity index (χ1n) is 13.4. The predicted molar refractivity (Wildman–Crippen MR) is 165 cm³/mol. The number of benzene rings is 3. The molecule has 0 saturated carbocycles. The summed E-state index contributed by atoms with van der Waals surface area (Å²) in [6.07, 6.45) is 0.506. The summed E-state index contributed by atoms with van der Waals surface area (Å²) in [6.45, 7) is 6.90. The summed E-state index contributed by atoms with van der Waals surface area (Å²) in [6, 6.07) is 13.8. The highest BCUT2D eigenvalue weighted by Crippen LogP contribution is 2.45. The fraction of sp³-hybridized carbons (Fsp3) is 0.233. The fourth-order valence-corrected chi connectivity index (χ4v) is 4.53. The van der Waals surface area contributed by atoms with Gasteiger partial charge in [-0.25, -0.2) is 9.59 Å². The van der Waals surface area contributed by atoms with Crippen LogP contribution in [0.3, 0.4) is 0 Å². The Morgan fingerprint density at radius 3 is 1.70 bits per heavy atom. The molecule has 3 aromatic rings. The van der Waals surface area contributed by atoms with E-state index in [1.165, 1.54) is 17.2 Å². The third-order valence-electron chi connectivity index (χ3n) is 7.01. The number of hydrogen-bond acceptors (Lipinski definition) is 11. The topological polar surface area (TPSA) is 254 Å². The largest absolute Gasteiger partial charge is 0.502 e. The predicted octanol–water partition coefficient (Wildman–Crippen LogP) is 5.19. The van der Waals surface area contributed by atoms with Gasteiger partial charge in [-0.2, -0.15) is 0 Å². The number of hydroxylamine groups is 2. The molecule has 1 aliphatic heterocycles. The zero-order chi connectivity index (χ0) is 35.7. The molecule has 0 amide bonds. The maximum Gasteiger partial charge on any atom is 0.360 e. The van der Waals surface area contributed by atoms with Crippen LogP contribution in [0, 0.1) is 20.2 Å². The Morgan fingerprint density at radius 1 is 0.936 bits per heavy atom. The molecule has 1 heterocycles. The Kier molecular flexibility index (Phi) is 12.5. The quantitative estimate of drug-likeness (QED) is 0.0759. The number of phenols is 2. The van der Waals surface area contributed by atoms with Crippen LogP contribution in [0.5, 0.6) is 11.5 Å². The number of carbonyl (C=O) groups is 3. The number of aliphatic carboxylic acids is 3. The van der Waals surface area contributed by atoms with Gasteiger partial charge in [-0.1, -0.05) is 49.4 Å². The first-order chi connectivity index (χ1) is 21.9. The maximum atomic E-state index is 11.1. The lowest BCUT2D eigenvalue weighted by atomic mass is 9.72. The number of nitro groups is 2. The SMILES string of the molecule is C=CC(=O)O.CC(CCC(=O)O)(c1ccc(O)c([N+](=O)[O-])c1)c1ccc(O)c([N+](=O)[O-])c1.CCN1OC1(C(=O)O)c1ccc(Cl)cc1. The Morgan fingerprint density at radius 2 is 1.38 bits per heavy atom. The monoisotopic (exact) mass is 675 g/mol. The van der Waals surface area contributed by atoms with Crippen LogP contribution in [0.4, 0.5) is 11.4 Å². The van der Waals surface area contributed by atoms with Crippen molar-refractivity contribution in [3.8, 4) is 11.5 Å². The van der Waals surface area contributed by atoms with Gasteiger partial charge >= 0.3 is 29.3 Å². The molecule has 4 rings (SSSR count). The average molecular weight is 676 g/mol. The van der Waals surface area contributed by atoms with Gasteiger partial charge in [0.2, 0.25) is 0 Å². The standard InChI is InChI=1S/C17H16N2O8.C10H10ClNO3.C3H4O2/c1-17(7-6-16(22)23,10-2-4-14(20)12(8-10)18(24)25)11-3-5-15(21)13(9-11)19(26)27;1-2-12-10(15-12,9(13)14)7-3-5-8(11)6-4-7;1-2-3(4)5/h2-5,8-9,20-21H,6-7H2,1H3,(H,22,23);3-6H,2H2,1H3,(H,13,14);2H,1H2,(H,4,5). The van der Waals surface area contributed by atoms with E-state index in [-0.39, 0.29) is 12.8 Å². The first kappa shape index (κ1) is 37.6. The third-order valence-corrected chi connectivity index (χ3v) is 7.26. The molecule has 5 N–H and O–H groups in total. The van der Waals surface area contributed by atoms with Gasteiger partial charge in [0.05, 0.1) is 9.85 Å². The minimum Gasteiger partial charge on any atom is -0.502 e. The number of carboxylic acids is 3. The molecular weight excluding hydrogens is 646 g/mol. The molecule has 1 aliphatic rings.